The number of aliphatic hydroxyl groups is 1. The van der Waals surface area contributed by atoms with Gasteiger partial charge in [0.05, 0.1) is 25.4 Å². The van der Waals surface area contributed by atoms with Gasteiger partial charge in [-0.3, -0.25) is 9.36 Å². The third kappa shape index (κ3) is 1.90. The summed E-state index contributed by atoms with van der Waals surface area (Å²) in [4.78, 5) is 22.1. The fourth-order valence-electron chi connectivity index (χ4n) is 2.10. The second-order valence-electron chi connectivity index (χ2n) is 4.03. The minimum atomic E-state index is -0.259. The summed E-state index contributed by atoms with van der Waals surface area (Å²) < 4.78 is 7.36. The van der Waals surface area contributed by atoms with E-state index in [2.05, 4.69) is 15.0 Å². The molecule has 0 saturated carbocycles. The van der Waals surface area contributed by atoms with Crippen molar-refractivity contribution in [1.82, 2.24) is 19.5 Å². The first-order valence-electron chi connectivity index (χ1n) is 5.46. The number of aliphatic hydroxyl groups excluding tert-OH is 1. The molecule has 3 heterocycles. The molecule has 1 aliphatic rings. The van der Waals surface area contributed by atoms with E-state index in [1.807, 2.05) is 0 Å². The van der Waals surface area contributed by atoms with Crippen LogP contribution in [0.2, 0.25) is 0 Å². The predicted octanol–water partition coefficient (Wildman–Crippen LogP) is -1.04. The Morgan fingerprint density at radius 3 is 3.06 bits per heavy atom. The summed E-state index contributed by atoms with van der Waals surface area (Å²) in [7, 11) is 0. The molecule has 0 radical (unpaired) electrons. The van der Waals surface area contributed by atoms with Crippen LogP contribution in [0.5, 0.6) is 0 Å². The van der Waals surface area contributed by atoms with Crippen LogP contribution in [0.1, 0.15) is 19.1 Å². The molecule has 0 bridgehead atoms. The minimum absolute atomic E-state index is 0. The third-order valence-electron chi connectivity index (χ3n) is 2.96. The Bertz CT molecular complexity index is 593. The first-order valence-corrected chi connectivity index (χ1v) is 5.46. The average molecular weight is 254 g/mol. The van der Waals surface area contributed by atoms with Gasteiger partial charge in [-0.15, -0.1) is 0 Å². The van der Waals surface area contributed by atoms with Gasteiger partial charge in [0, 0.05) is 0 Å². The lowest BCUT2D eigenvalue weighted by atomic mass is 10.2. The largest absolute Gasteiger partial charge is 0.412 e. The molecule has 4 N–H and O–H groups in total. The molecular weight excluding hydrogens is 240 g/mol. The van der Waals surface area contributed by atoms with Gasteiger partial charge in [-0.25, -0.2) is 9.97 Å². The molecule has 8 heteroatoms. The Labute approximate surface area is 102 Å². The van der Waals surface area contributed by atoms with E-state index in [-0.39, 0.29) is 30.0 Å². The van der Waals surface area contributed by atoms with Crippen molar-refractivity contribution < 1.29 is 15.3 Å². The van der Waals surface area contributed by atoms with Crippen molar-refractivity contribution in [3.05, 3.63) is 23.0 Å². The quantitative estimate of drug-likeness (QED) is 0.708. The van der Waals surface area contributed by atoms with Crippen molar-refractivity contribution in [3.63, 3.8) is 0 Å². The number of H-pyrrole nitrogens is 1. The van der Waals surface area contributed by atoms with E-state index in [9.17, 15) is 4.79 Å². The van der Waals surface area contributed by atoms with Gasteiger partial charge in [0.1, 0.15) is 6.23 Å². The number of hydrogen-bond donors (Lipinski definition) is 2. The molecule has 2 aromatic rings. The average Bonchev–Trinajstić information content (AvgIpc) is 2.94. The molecule has 1 saturated heterocycles. The Morgan fingerprint density at radius 2 is 2.33 bits per heavy atom. The highest BCUT2D eigenvalue weighted by Gasteiger charge is 2.27. The van der Waals surface area contributed by atoms with Crippen LogP contribution in [0.4, 0.5) is 0 Å². The molecule has 1 aliphatic heterocycles. The molecule has 0 amide bonds. The first kappa shape index (κ1) is 12.7. The molecular formula is C10H14N4O4. The van der Waals surface area contributed by atoms with Crippen molar-refractivity contribution in [3.8, 4) is 0 Å². The highest BCUT2D eigenvalue weighted by Crippen LogP contribution is 2.29. The van der Waals surface area contributed by atoms with Gasteiger partial charge in [0.15, 0.2) is 11.2 Å². The molecule has 98 valence electrons. The zero-order valence-corrected chi connectivity index (χ0v) is 9.54. The molecule has 2 unspecified atom stereocenters. The summed E-state index contributed by atoms with van der Waals surface area (Å²) in [6.45, 7) is 0.0111. The van der Waals surface area contributed by atoms with Crippen molar-refractivity contribution in [1.29, 1.82) is 0 Å². The number of imidazole rings is 1. The zero-order chi connectivity index (χ0) is 11.8. The molecule has 0 aliphatic carbocycles. The Hall–Kier alpha value is -1.77. The lowest BCUT2D eigenvalue weighted by Crippen LogP contribution is -2.14. The van der Waals surface area contributed by atoms with E-state index < -0.39 is 0 Å². The van der Waals surface area contributed by atoms with Crippen molar-refractivity contribution >= 4 is 11.2 Å². The number of rotatable bonds is 2. The van der Waals surface area contributed by atoms with E-state index in [0.29, 0.717) is 11.2 Å². The Balaban J connectivity index is 0.00000120. The summed E-state index contributed by atoms with van der Waals surface area (Å²) in [5.74, 6) is 0. The monoisotopic (exact) mass is 254 g/mol. The maximum absolute atomic E-state index is 11.5. The molecule has 3 rings (SSSR count). The summed E-state index contributed by atoms with van der Waals surface area (Å²) in [6, 6.07) is 0. The summed E-state index contributed by atoms with van der Waals surface area (Å²) in [6.07, 6.45) is 4.14. The van der Waals surface area contributed by atoms with E-state index in [0.717, 1.165) is 12.8 Å². The number of aromatic nitrogens is 4. The molecule has 2 aromatic heterocycles. The lowest BCUT2D eigenvalue weighted by molar-refractivity contribution is -0.0207. The Kier molecular flexibility index (Phi) is 3.41. The van der Waals surface area contributed by atoms with Crippen LogP contribution in [0.25, 0.3) is 11.2 Å². The zero-order valence-electron chi connectivity index (χ0n) is 9.54. The van der Waals surface area contributed by atoms with E-state index >= 15 is 0 Å². The number of hydrogen-bond acceptors (Lipinski definition) is 5. The number of fused-ring (bicyclic) bond motifs is 1. The van der Waals surface area contributed by atoms with Crippen molar-refractivity contribution in [2.45, 2.75) is 25.2 Å². The number of aromatic amines is 1. The summed E-state index contributed by atoms with van der Waals surface area (Å²) in [5.41, 5.74) is 0.561. The SMILES string of the molecule is O.O=c1[nH]cnc2c1ncn2C1CCC(CO)O1. The van der Waals surface area contributed by atoms with Crippen LogP contribution in [0.15, 0.2) is 17.4 Å². The van der Waals surface area contributed by atoms with Crippen LogP contribution < -0.4 is 5.56 Å². The Morgan fingerprint density at radius 1 is 1.50 bits per heavy atom. The van der Waals surface area contributed by atoms with Gasteiger partial charge < -0.3 is 20.3 Å². The van der Waals surface area contributed by atoms with Crippen LogP contribution in [-0.2, 0) is 4.74 Å². The van der Waals surface area contributed by atoms with Gasteiger partial charge in [0.25, 0.3) is 5.56 Å². The van der Waals surface area contributed by atoms with Crippen LogP contribution in [0, 0.1) is 0 Å². The molecule has 0 aromatic carbocycles. The van der Waals surface area contributed by atoms with Crippen LogP contribution in [-0.4, -0.2) is 42.8 Å². The highest BCUT2D eigenvalue weighted by atomic mass is 16.5. The fraction of sp³-hybridized carbons (Fsp3) is 0.500. The van der Waals surface area contributed by atoms with Gasteiger partial charge >= 0.3 is 0 Å². The van der Waals surface area contributed by atoms with Gasteiger partial charge in [-0.1, -0.05) is 0 Å². The maximum Gasteiger partial charge on any atom is 0.278 e. The van der Waals surface area contributed by atoms with Gasteiger partial charge in [-0.05, 0) is 12.8 Å². The molecule has 8 nitrogen and oxygen atoms in total. The fourth-order valence-corrected chi connectivity index (χ4v) is 2.10. The maximum atomic E-state index is 11.5. The number of nitrogens with one attached hydrogen (secondary N) is 1. The number of nitrogens with zero attached hydrogens (tertiary/aromatic N) is 3. The van der Waals surface area contributed by atoms with Crippen LogP contribution in [0.3, 0.4) is 0 Å². The predicted molar refractivity (Wildman–Crippen MR) is 62.0 cm³/mol. The normalized spacial score (nSPS) is 23.2. The summed E-state index contributed by atoms with van der Waals surface area (Å²) in [5, 5.41) is 9.02. The van der Waals surface area contributed by atoms with Gasteiger partial charge in [0.2, 0.25) is 0 Å². The minimum Gasteiger partial charge on any atom is -0.412 e. The van der Waals surface area contributed by atoms with Crippen molar-refractivity contribution in [2.75, 3.05) is 6.61 Å². The first-order chi connectivity index (χ1) is 8.29. The summed E-state index contributed by atoms with van der Waals surface area (Å²) >= 11 is 0. The highest BCUT2D eigenvalue weighted by molar-refractivity contribution is 5.68. The standard InChI is InChI=1S/C10H12N4O3.H2O/c15-3-6-1-2-7(17-6)14-5-13-8-9(14)11-4-12-10(8)16;/h4-7,15H,1-3H2,(H,11,12,16);1H2. The van der Waals surface area contributed by atoms with E-state index in [1.54, 1.807) is 10.9 Å². The molecule has 0 spiro atoms. The lowest BCUT2D eigenvalue weighted by Gasteiger charge is -2.13. The van der Waals surface area contributed by atoms with Crippen molar-refractivity contribution in [2.24, 2.45) is 0 Å². The molecule has 2 atom stereocenters. The smallest absolute Gasteiger partial charge is 0.278 e. The second kappa shape index (κ2) is 4.84. The number of ether oxygens (including phenoxy) is 1. The topological polar surface area (TPSA) is 125 Å². The second-order valence-corrected chi connectivity index (χ2v) is 4.03. The molecule has 18 heavy (non-hydrogen) atoms. The third-order valence-corrected chi connectivity index (χ3v) is 2.96. The molecule has 1 fully saturated rings. The van der Waals surface area contributed by atoms with E-state index in [1.165, 1.54) is 6.33 Å². The van der Waals surface area contributed by atoms with Crippen LogP contribution >= 0.6 is 0 Å². The van der Waals surface area contributed by atoms with Gasteiger partial charge in [-0.2, -0.15) is 0 Å². The van der Waals surface area contributed by atoms with E-state index in [4.69, 9.17) is 9.84 Å².